The SMILES string of the molecule is Cc1cccc(CC(=O)CCl)c1O. The number of hydrogen-bond acceptors (Lipinski definition) is 2. The monoisotopic (exact) mass is 198 g/mol. The van der Waals surface area contributed by atoms with Gasteiger partial charge in [0.05, 0.1) is 5.88 Å². The summed E-state index contributed by atoms with van der Waals surface area (Å²) < 4.78 is 0. The summed E-state index contributed by atoms with van der Waals surface area (Å²) in [6, 6.07) is 5.34. The van der Waals surface area contributed by atoms with Crippen molar-refractivity contribution >= 4 is 17.4 Å². The van der Waals surface area contributed by atoms with Crippen LogP contribution in [0.3, 0.4) is 0 Å². The first kappa shape index (κ1) is 10.1. The Labute approximate surface area is 82.2 Å². The van der Waals surface area contributed by atoms with E-state index in [0.29, 0.717) is 5.56 Å². The first-order valence-electron chi connectivity index (χ1n) is 4.00. The highest BCUT2D eigenvalue weighted by atomic mass is 35.5. The van der Waals surface area contributed by atoms with Crippen LogP contribution >= 0.6 is 11.6 Å². The minimum absolute atomic E-state index is 0.00657. The first-order chi connectivity index (χ1) is 6.15. The number of aryl methyl sites for hydroxylation is 1. The molecule has 0 heterocycles. The number of rotatable bonds is 3. The van der Waals surface area contributed by atoms with E-state index in [1.54, 1.807) is 19.1 Å². The summed E-state index contributed by atoms with van der Waals surface area (Å²) in [7, 11) is 0. The van der Waals surface area contributed by atoms with E-state index in [9.17, 15) is 9.90 Å². The van der Waals surface area contributed by atoms with Gasteiger partial charge < -0.3 is 5.11 Å². The summed E-state index contributed by atoms with van der Waals surface area (Å²) in [5.41, 5.74) is 1.42. The highest BCUT2D eigenvalue weighted by Gasteiger charge is 2.07. The fourth-order valence-electron chi connectivity index (χ4n) is 1.12. The van der Waals surface area contributed by atoms with E-state index in [-0.39, 0.29) is 23.8 Å². The van der Waals surface area contributed by atoms with Crippen LogP contribution in [0, 0.1) is 6.92 Å². The Balaban J connectivity index is 2.89. The van der Waals surface area contributed by atoms with Gasteiger partial charge in [-0.05, 0) is 12.5 Å². The summed E-state index contributed by atoms with van der Waals surface area (Å²) in [4.78, 5) is 11.0. The van der Waals surface area contributed by atoms with Crippen molar-refractivity contribution in [1.82, 2.24) is 0 Å². The summed E-state index contributed by atoms with van der Waals surface area (Å²) in [6.07, 6.45) is 0.205. The quantitative estimate of drug-likeness (QED) is 0.755. The van der Waals surface area contributed by atoms with E-state index < -0.39 is 0 Å². The summed E-state index contributed by atoms with van der Waals surface area (Å²) in [5, 5.41) is 9.55. The van der Waals surface area contributed by atoms with Gasteiger partial charge in [-0.1, -0.05) is 18.2 Å². The van der Waals surface area contributed by atoms with Crippen molar-refractivity contribution in [3.05, 3.63) is 29.3 Å². The molecule has 0 saturated heterocycles. The lowest BCUT2D eigenvalue weighted by Crippen LogP contribution is -2.04. The van der Waals surface area contributed by atoms with Crippen LogP contribution in [0.5, 0.6) is 5.75 Å². The third-order valence-corrected chi connectivity index (χ3v) is 2.16. The minimum Gasteiger partial charge on any atom is -0.507 e. The number of hydrogen-bond donors (Lipinski definition) is 1. The number of halogens is 1. The first-order valence-corrected chi connectivity index (χ1v) is 4.53. The molecule has 0 aliphatic heterocycles. The molecule has 0 saturated carbocycles. The summed E-state index contributed by atoms with van der Waals surface area (Å²) in [5.74, 6) is 0.108. The van der Waals surface area contributed by atoms with Crippen molar-refractivity contribution in [2.45, 2.75) is 13.3 Å². The maximum absolute atomic E-state index is 11.0. The number of carbonyl (C=O) groups is 1. The zero-order chi connectivity index (χ0) is 9.84. The van der Waals surface area contributed by atoms with Gasteiger partial charge in [-0.15, -0.1) is 11.6 Å². The topological polar surface area (TPSA) is 37.3 Å². The Bertz CT molecular complexity index is 321. The molecule has 0 aliphatic carbocycles. The second-order valence-electron chi connectivity index (χ2n) is 2.93. The third-order valence-electron chi connectivity index (χ3n) is 1.86. The van der Waals surface area contributed by atoms with Crippen molar-refractivity contribution in [2.24, 2.45) is 0 Å². The number of benzene rings is 1. The van der Waals surface area contributed by atoms with E-state index in [1.807, 2.05) is 6.07 Å². The van der Waals surface area contributed by atoms with E-state index in [4.69, 9.17) is 11.6 Å². The summed E-state index contributed by atoms with van der Waals surface area (Å²) in [6.45, 7) is 1.80. The summed E-state index contributed by atoms with van der Waals surface area (Å²) >= 11 is 5.36. The molecule has 1 N–H and O–H groups in total. The molecule has 1 aromatic rings. The van der Waals surface area contributed by atoms with Crippen LogP contribution in [0.25, 0.3) is 0 Å². The maximum Gasteiger partial charge on any atom is 0.152 e. The number of para-hydroxylation sites is 1. The molecule has 0 spiro atoms. The Hall–Kier alpha value is -1.02. The van der Waals surface area contributed by atoms with E-state index in [1.165, 1.54) is 0 Å². The molecule has 13 heavy (non-hydrogen) atoms. The van der Waals surface area contributed by atoms with Crippen LogP contribution < -0.4 is 0 Å². The number of aromatic hydroxyl groups is 1. The normalized spacial score (nSPS) is 10.0. The van der Waals surface area contributed by atoms with Crippen molar-refractivity contribution in [2.75, 3.05) is 5.88 Å². The molecular weight excluding hydrogens is 188 g/mol. The predicted octanol–water partition coefficient (Wildman–Crippen LogP) is 2.05. The van der Waals surface area contributed by atoms with Gasteiger partial charge >= 0.3 is 0 Å². The molecule has 1 rings (SSSR count). The van der Waals surface area contributed by atoms with Gasteiger partial charge in [0.15, 0.2) is 5.78 Å². The van der Waals surface area contributed by atoms with E-state index >= 15 is 0 Å². The molecule has 70 valence electrons. The Kier molecular flexibility index (Phi) is 3.32. The van der Waals surface area contributed by atoms with Crippen molar-refractivity contribution in [1.29, 1.82) is 0 Å². The molecule has 0 bridgehead atoms. The molecule has 2 nitrogen and oxygen atoms in total. The fourth-order valence-corrected chi connectivity index (χ4v) is 1.22. The molecule has 0 radical (unpaired) electrons. The predicted molar refractivity (Wildman–Crippen MR) is 52.3 cm³/mol. The molecule has 0 amide bonds. The zero-order valence-electron chi connectivity index (χ0n) is 7.38. The molecule has 0 aliphatic rings. The number of Topliss-reactive ketones (excluding diaryl/α,β-unsaturated/α-hetero) is 1. The van der Waals surface area contributed by atoms with Crippen LogP contribution in [-0.2, 0) is 11.2 Å². The van der Waals surface area contributed by atoms with Crippen molar-refractivity contribution < 1.29 is 9.90 Å². The molecular formula is C10H11ClO2. The Morgan fingerprint density at radius 3 is 2.85 bits per heavy atom. The number of phenols is 1. The van der Waals surface area contributed by atoms with Crippen molar-refractivity contribution in [3.63, 3.8) is 0 Å². The Morgan fingerprint density at radius 1 is 1.54 bits per heavy atom. The van der Waals surface area contributed by atoms with Gasteiger partial charge in [0.25, 0.3) is 0 Å². The number of ketones is 1. The van der Waals surface area contributed by atoms with Gasteiger partial charge in [0.1, 0.15) is 5.75 Å². The lowest BCUT2D eigenvalue weighted by Gasteiger charge is -2.04. The van der Waals surface area contributed by atoms with Gasteiger partial charge in [0.2, 0.25) is 0 Å². The lowest BCUT2D eigenvalue weighted by molar-refractivity contribution is -0.116. The molecule has 0 fully saturated rings. The van der Waals surface area contributed by atoms with Gasteiger partial charge in [0, 0.05) is 12.0 Å². The van der Waals surface area contributed by atoms with Gasteiger partial charge in [-0.2, -0.15) is 0 Å². The number of alkyl halides is 1. The third kappa shape index (κ3) is 2.46. The van der Waals surface area contributed by atoms with Crippen LogP contribution in [-0.4, -0.2) is 16.8 Å². The van der Waals surface area contributed by atoms with Gasteiger partial charge in [-0.3, -0.25) is 4.79 Å². The van der Waals surface area contributed by atoms with Crippen LogP contribution in [0.4, 0.5) is 0 Å². The van der Waals surface area contributed by atoms with Gasteiger partial charge in [-0.25, -0.2) is 0 Å². The number of carbonyl (C=O) groups excluding carboxylic acids is 1. The molecule has 0 atom stereocenters. The highest BCUT2D eigenvalue weighted by Crippen LogP contribution is 2.21. The number of phenolic OH excluding ortho intramolecular Hbond substituents is 1. The average molecular weight is 199 g/mol. The second-order valence-corrected chi connectivity index (χ2v) is 3.20. The fraction of sp³-hybridized carbons (Fsp3) is 0.300. The second kappa shape index (κ2) is 4.28. The average Bonchev–Trinajstić information content (AvgIpc) is 2.13. The maximum atomic E-state index is 11.0. The lowest BCUT2D eigenvalue weighted by atomic mass is 10.1. The minimum atomic E-state index is -0.0810. The molecule has 0 aromatic heterocycles. The standard InChI is InChI=1S/C10H11ClO2/c1-7-3-2-4-8(10(7)13)5-9(12)6-11/h2-4,13H,5-6H2,1H3. The highest BCUT2D eigenvalue weighted by molar-refractivity contribution is 6.27. The van der Waals surface area contributed by atoms with Crippen LogP contribution in [0.1, 0.15) is 11.1 Å². The molecule has 3 heteroatoms. The molecule has 1 aromatic carbocycles. The van der Waals surface area contributed by atoms with Crippen molar-refractivity contribution in [3.8, 4) is 5.75 Å². The van der Waals surface area contributed by atoms with Crippen LogP contribution in [0.15, 0.2) is 18.2 Å². The molecule has 0 unspecified atom stereocenters. The van der Waals surface area contributed by atoms with E-state index in [0.717, 1.165) is 5.56 Å². The Morgan fingerprint density at radius 2 is 2.23 bits per heavy atom. The zero-order valence-corrected chi connectivity index (χ0v) is 8.14. The van der Waals surface area contributed by atoms with Crippen LogP contribution in [0.2, 0.25) is 0 Å². The smallest absolute Gasteiger partial charge is 0.152 e. The van der Waals surface area contributed by atoms with E-state index in [2.05, 4.69) is 0 Å². The largest absolute Gasteiger partial charge is 0.507 e.